The summed E-state index contributed by atoms with van der Waals surface area (Å²) >= 11 is 3.63. The van der Waals surface area contributed by atoms with Gasteiger partial charge in [-0.05, 0) is 134 Å². The molecule has 18 rings (SSSR count). The van der Waals surface area contributed by atoms with Crippen LogP contribution < -0.4 is 5.46 Å². The number of rotatable bonds is 8. The van der Waals surface area contributed by atoms with Crippen LogP contribution in [-0.2, 0) is 0 Å². The Morgan fingerprint density at radius 1 is 0.250 bits per heavy atom. The molecule has 468 valence electrons. The first-order chi connectivity index (χ1) is 45.5. The Morgan fingerprint density at radius 3 is 1.01 bits per heavy atom. The molecule has 6 heterocycles. The van der Waals surface area contributed by atoms with E-state index in [1.807, 2.05) is 79.4 Å². The van der Waals surface area contributed by atoms with Gasteiger partial charge in [0.25, 0.3) is 0 Å². The molecular weight excluding hydrogens is 1240 g/mol. The Morgan fingerprint density at radius 2 is 0.562 bits per heavy atom. The van der Waals surface area contributed by atoms with Gasteiger partial charge in [0.05, 0.1) is 56.5 Å². The molecule has 96 heavy (non-hydrogen) atoms. The van der Waals surface area contributed by atoms with Gasteiger partial charge in [0.15, 0.2) is 0 Å². The summed E-state index contributed by atoms with van der Waals surface area (Å²) in [5.41, 5.74) is 21.1. The molecule has 0 aliphatic heterocycles. The molecule has 0 saturated carbocycles. The molecule has 18 aromatic rings. The van der Waals surface area contributed by atoms with E-state index in [0.717, 1.165) is 71.2 Å². The maximum atomic E-state index is 9.87. The highest BCUT2D eigenvalue weighted by molar-refractivity contribution is 9.10. The van der Waals surface area contributed by atoms with Crippen LogP contribution in [0.1, 0.15) is 29.7 Å². The number of benzene rings is 12. The molecule has 2 N–H and O–H groups in total. The van der Waals surface area contributed by atoms with Crippen molar-refractivity contribution in [3.63, 3.8) is 0 Å². The maximum Gasteiger partial charge on any atom is 0.489 e. The van der Waals surface area contributed by atoms with Crippen LogP contribution in [0.25, 0.3) is 143 Å². The second-order valence-electron chi connectivity index (χ2n) is 22.8. The lowest BCUT2D eigenvalue weighted by Gasteiger charge is -2.11. The predicted octanol–water partition coefficient (Wildman–Crippen LogP) is 22.2. The van der Waals surface area contributed by atoms with Crippen molar-refractivity contribution in [2.75, 3.05) is 0 Å². The first kappa shape index (κ1) is 64.7. The zero-order chi connectivity index (χ0) is 61.7. The SMILES string of the molecule is Brc1cncc2c1c1ccccc1n2-c1ccccc1.C.C.C.C.OB(O)c1cccc2c1c1ccccc1n2-c1ccc(-c2ccccc2)cc1.c1ccc(-c2ccc(-n3c4ccccc4c4c(-c5cncc6c5c5ccccc5n6-c5ccccc5)cccc43)cc2)cc1. The molecule has 6 aromatic heterocycles. The number of hydrogen-bond acceptors (Lipinski definition) is 4. The van der Waals surface area contributed by atoms with Crippen LogP contribution in [0, 0.1) is 0 Å². The van der Waals surface area contributed by atoms with Gasteiger partial charge in [-0.3, -0.25) is 9.97 Å². The normalized spacial score (nSPS) is 10.9. The molecular formula is C86H72BBrN6O2. The highest BCUT2D eigenvalue weighted by atomic mass is 79.9. The summed E-state index contributed by atoms with van der Waals surface area (Å²) in [6, 6.07) is 105. The van der Waals surface area contributed by atoms with Crippen molar-refractivity contribution in [1.82, 2.24) is 28.2 Å². The summed E-state index contributed by atoms with van der Waals surface area (Å²) < 4.78 is 10.2. The van der Waals surface area contributed by atoms with Crippen LogP contribution in [-0.4, -0.2) is 45.4 Å². The number of hydrogen-bond donors (Lipinski definition) is 2. The molecule has 10 heteroatoms. The van der Waals surface area contributed by atoms with Gasteiger partial charge in [0, 0.05) is 88.3 Å². The Labute approximate surface area is 568 Å². The molecule has 0 unspecified atom stereocenters. The van der Waals surface area contributed by atoms with Crippen LogP contribution in [0.2, 0.25) is 0 Å². The second-order valence-corrected chi connectivity index (χ2v) is 23.7. The third-order valence-corrected chi connectivity index (χ3v) is 18.2. The second kappa shape index (κ2) is 27.7. The van der Waals surface area contributed by atoms with Gasteiger partial charge in [-0.2, -0.15) is 0 Å². The number of fused-ring (bicyclic) bond motifs is 12. The van der Waals surface area contributed by atoms with Crippen molar-refractivity contribution >= 4 is 116 Å². The summed E-state index contributed by atoms with van der Waals surface area (Å²) in [7, 11) is -1.51. The van der Waals surface area contributed by atoms with Crippen molar-refractivity contribution in [1.29, 1.82) is 0 Å². The minimum Gasteiger partial charge on any atom is -0.423 e. The summed E-state index contributed by atoms with van der Waals surface area (Å²) in [4.78, 5) is 9.16. The lowest BCUT2D eigenvalue weighted by molar-refractivity contribution is 0.426. The number of pyridine rings is 2. The molecule has 0 aliphatic rings. The summed E-state index contributed by atoms with van der Waals surface area (Å²) in [6.07, 6.45) is 7.82. The number of aromatic nitrogens is 6. The van der Waals surface area contributed by atoms with E-state index in [1.165, 1.54) is 76.6 Å². The zero-order valence-corrected chi connectivity index (χ0v) is 51.3. The molecule has 8 nitrogen and oxygen atoms in total. The van der Waals surface area contributed by atoms with Crippen molar-refractivity contribution in [2.24, 2.45) is 0 Å². The summed E-state index contributed by atoms with van der Waals surface area (Å²) in [5.74, 6) is 0. The molecule has 0 aliphatic carbocycles. The first-order valence-electron chi connectivity index (χ1n) is 30.7. The van der Waals surface area contributed by atoms with Gasteiger partial charge in [0.1, 0.15) is 0 Å². The van der Waals surface area contributed by atoms with Crippen molar-refractivity contribution < 1.29 is 10.0 Å². The van der Waals surface area contributed by atoms with Crippen LogP contribution >= 0.6 is 15.9 Å². The quantitative estimate of drug-likeness (QED) is 0.148. The standard InChI is InChI=1S/C41H27N3.C24H18BNO2.C17H11BrN2.4CH4/c1-3-12-28(13-4-1)29-22-24-31(25-23-29)43-36-19-9-7-16-33(36)40-32(18-11-21-38(40)43)35-26-42-27-39-41(35)34-17-8-10-20-37(34)44(39)30-14-5-2-6-15-30;27-25(28)21-10-6-12-23-24(21)20-9-4-5-11-22(20)26(23)19-15-13-18(14-16-19)17-7-2-1-3-8-17;18-14-10-19-11-16-17(14)13-8-4-5-9-15(13)20(16)12-6-2-1-3-7-12;;;;/h1-27H;1-16,27-28H;1-11H;4*1H4. The van der Waals surface area contributed by atoms with Gasteiger partial charge in [0.2, 0.25) is 0 Å². The minimum atomic E-state index is -1.51. The van der Waals surface area contributed by atoms with E-state index in [1.54, 1.807) is 6.07 Å². The molecule has 0 spiro atoms. The van der Waals surface area contributed by atoms with E-state index < -0.39 is 7.12 Å². The van der Waals surface area contributed by atoms with E-state index in [9.17, 15) is 10.0 Å². The monoisotopic (exact) mass is 1310 g/mol. The van der Waals surface area contributed by atoms with Gasteiger partial charge < -0.3 is 28.3 Å². The molecule has 0 saturated heterocycles. The molecule has 0 bridgehead atoms. The van der Waals surface area contributed by atoms with Crippen LogP contribution in [0.3, 0.4) is 0 Å². The summed E-state index contributed by atoms with van der Waals surface area (Å²) in [6.45, 7) is 0. The third kappa shape index (κ3) is 11.3. The average molecular weight is 1310 g/mol. The number of nitrogens with zero attached hydrogens (tertiary/aromatic N) is 6. The Kier molecular flexibility index (Phi) is 18.6. The van der Waals surface area contributed by atoms with E-state index >= 15 is 0 Å². The van der Waals surface area contributed by atoms with Crippen LogP contribution in [0.4, 0.5) is 0 Å². The van der Waals surface area contributed by atoms with Crippen LogP contribution in [0.15, 0.2) is 333 Å². The smallest absolute Gasteiger partial charge is 0.423 e. The lowest BCUT2D eigenvalue weighted by atomic mass is 9.77. The lowest BCUT2D eigenvalue weighted by Crippen LogP contribution is -2.30. The van der Waals surface area contributed by atoms with Crippen molar-refractivity contribution in [3.05, 3.63) is 333 Å². The fraction of sp³-hybridized carbons (Fsp3) is 0.0465. The van der Waals surface area contributed by atoms with E-state index in [0.29, 0.717) is 5.46 Å². The van der Waals surface area contributed by atoms with Crippen LogP contribution in [0.5, 0.6) is 0 Å². The van der Waals surface area contributed by atoms with Gasteiger partial charge in [-0.1, -0.05) is 248 Å². The molecule has 0 fully saturated rings. The minimum absolute atomic E-state index is 0. The first-order valence-corrected chi connectivity index (χ1v) is 31.5. The molecule has 0 radical (unpaired) electrons. The molecule has 0 atom stereocenters. The topological polar surface area (TPSA) is 86.0 Å². The highest BCUT2D eigenvalue weighted by Crippen LogP contribution is 2.44. The largest absolute Gasteiger partial charge is 0.489 e. The predicted molar refractivity (Wildman–Crippen MR) is 413 cm³/mol. The fourth-order valence-electron chi connectivity index (χ4n) is 13.6. The molecule has 0 amide bonds. The van der Waals surface area contributed by atoms with E-state index in [4.69, 9.17) is 4.98 Å². The Balaban J connectivity index is 0.000000146. The zero-order valence-electron chi connectivity index (χ0n) is 49.7. The van der Waals surface area contributed by atoms with E-state index in [-0.39, 0.29) is 29.7 Å². The Bertz CT molecular complexity index is 5730. The number of halogens is 1. The molecule has 12 aromatic carbocycles. The van der Waals surface area contributed by atoms with E-state index in [2.05, 4.69) is 282 Å². The maximum absolute atomic E-state index is 9.87. The van der Waals surface area contributed by atoms with Gasteiger partial charge in [-0.15, -0.1) is 0 Å². The highest BCUT2D eigenvalue weighted by Gasteiger charge is 2.23. The van der Waals surface area contributed by atoms with Gasteiger partial charge >= 0.3 is 7.12 Å². The van der Waals surface area contributed by atoms with Gasteiger partial charge in [-0.25, -0.2) is 0 Å². The average Bonchev–Trinajstić information content (AvgIpc) is 1.57. The summed E-state index contributed by atoms with van der Waals surface area (Å²) in [5, 5.41) is 29.0. The van der Waals surface area contributed by atoms with Crippen molar-refractivity contribution in [2.45, 2.75) is 29.7 Å². The van der Waals surface area contributed by atoms with Crippen molar-refractivity contribution in [3.8, 4) is 56.1 Å². The Hall–Kier alpha value is -11.4. The number of para-hydroxylation sites is 6. The third-order valence-electron chi connectivity index (χ3n) is 17.6. The fourth-order valence-corrected chi connectivity index (χ4v) is 14.2.